The molecular weight excluding hydrogens is 268 g/mol. The lowest BCUT2D eigenvalue weighted by Crippen LogP contribution is -1.89. The summed E-state index contributed by atoms with van der Waals surface area (Å²) in [5, 5.41) is 8.82. The Labute approximate surface area is 120 Å². The number of amides is 1. The van der Waals surface area contributed by atoms with Gasteiger partial charge in [0, 0.05) is 4.70 Å². The summed E-state index contributed by atoms with van der Waals surface area (Å²) in [5.74, 6) is -0.276. The number of benzene rings is 2. The summed E-state index contributed by atoms with van der Waals surface area (Å²) in [6, 6.07) is 19.5. The molecule has 3 nitrogen and oxygen atoms in total. The lowest BCUT2D eigenvalue weighted by atomic mass is 10.2. The zero-order valence-electron chi connectivity index (χ0n) is 10.7. The quantitative estimate of drug-likeness (QED) is 0.641. The molecule has 0 fully saturated rings. The van der Waals surface area contributed by atoms with Crippen LogP contribution in [-0.2, 0) is 6.54 Å². The normalized spacial score (nSPS) is 11.2. The van der Waals surface area contributed by atoms with Gasteiger partial charge in [0.1, 0.15) is 0 Å². The SMILES string of the molecule is O=C(/N=N/Cc1ccccc1)c1cc2ccccc2s1. The molecule has 1 aromatic heterocycles. The zero-order valence-corrected chi connectivity index (χ0v) is 11.5. The summed E-state index contributed by atoms with van der Waals surface area (Å²) < 4.78 is 1.09. The van der Waals surface area contributed by atoms with Gasteiger partial charge in [0.2, 0.25) is 0 Å². The third-order valence-electron chi connectivity index (χ3n) is 2.89. The minimum absolute atomic E-state index is 0.276. The van der Waals surface area contributed by atoms with Gasteiger partial charge in [-0.25, -0.2) is 0 Å². The van der Waals surface area contributed by atoms with E-state index in [2.05, 4.69) is 10.2 Å². The van der Waals surface area contributed by atoms with E-state index in [1.807, 2.05) is 60.7 Å². The molecule has 0 aliphatic carbocycles. The van der Waals surface area contributed by atoms with Gasteiger partial charge in [-0.05, 0) is 23.1 Å². The number of hydrogen-bond donors (Lipinski definition) is 0. The number of rotatable bonds is 3. The summed E-state index contributed by atoms with van der Waals surface area (Å²) in [5.41, 5.74) is 1.04. The molecule has 1 amide bonds. The highest BCUT2D eigenvalue weighted by molar-refractivity contribution is 7.20. The summed E-state index contributed by atoms with van der Waals surface area (Å²) in [4.78, 5) is 12.6. The topological polar surface area (TPSA) is 41.8 Å². The molecule has 0 N–H and O–H groups in total. The van der Waals surface area contributed by atoms with E-state index in [1.165, 1.54) is 11.3 Å². The minimum Gasteiger partial charge on any atom is -0.264 e. The van der Waals surface area contributed by atoms with Crippen molar-refractivity contribution in [3.8, 4) is 0 Å². The molecule has 3 rings (SSSR count). The Morgan fingerprint density at radius 3 is 2.55 bits per heavy atom. The van der Waals surface area contributed by atoms with E-state index in [-0.39, 0.29) is 5.91 Å². The van der Waals surface area contributed by atoms with Crippen LogP contribution in [0.15, 0.2) is 70.9 Å². The van der Waals surface area contributed by atoms with Crippen molar-refractivity contribution in [3.63, 3.8) is 0 Å². The van der Waals surface area contributed by atoms with Crippen molar-refractivity contribution in [2.75, 3.05) is 0 Å². The number of thiophene rings is 1. The number of nitrogens with zero attached hydrogens (tertiary/aromatic N) is 2. The first-order chi connectivity index (χ1) is 9.83. The van der Waals surface area contributed by atoms with Crippen molar-refractivity contribution < 1.29 is 4.79 Å². The van der Waals surface area contributed by atoms with Crippen molar-refractivity contribution in [1.82, 2.24) is 0 Å². The van der Waals surface area contributed by atoms with Crippen LogP contribution in [0.2, 0.25) is 0 Å². The van der Waals surface area contributed by atoms with Gasteiger partial charge < -0.3 is 0 Å². The first-order valence-electron chi connectivity index (χ1n) is 6.27. The van der Waals surface area contributed by atoms with E-state index in [0.29, 0.717) is 11.4 Å². The highest BCUT2D eigenvalue weighted by Gasteiger charge is 2.08. The molecule has 0 saturated carbocycles. The van der Waals surface area contributed by atoms with Crippen molar-refractivity contribution in [3.05, 3.63) is 71.1 Å². The lowest BCUT2D eigenvalue weighted by molar-refractivity contribution is 0.0997. The molecule has 0 atom stereocenters. The van der Waals surface area contributed by atoms with Crippen LogP contribution < -0.4 is 0 Å². The molecule has 0 aliphatic heterocycles. The van der Waals surface area contributed by atoms with Crippen LogP contribution in [0.3, 0.4) is 0 Å². The molecule has 0 radical (unpaired) electrons. The van der Waals surface area contributed by atoms with Crippen LogP contribution in [0.25, 0.3) is 10.1 Å². The van der Waals surface area contributed by atoms with Crippen molar-refractivity contribution >= 4 is 27.3 Å². The Morgan fingerprint density at radius 1 is 1.00 bits per heavy atom. The minimum atomic E-state index is -0.276. The van der Waals surface area contributed by atoms with Gasteiger partial charge in [-0.1, -0.05) is 48.5 Å². The Kier molecular flexibility index (Phi) is 3.65. The maximum atomic E-state index is 12.0. The van der Waals surface area contributed by atoms with Crippen LogP contribution in [0.5, 0.6) is 0 Å². The van der Waals surface area contributed by atoms with E-state index < -0.39 is 0 Å². The van der Waals surface area contributed by atoms with Crippen LogP contribution in [0.1, 0.15) is 15.2 Å². The fourth-order valence-electron chi connectivity index (χ4n) is 1.90. The first-order valence-corrected chi connectivity index (χ1v) is 7.09. The average Bonchev–Trinajstić information content (AvgIpc) is 2.92. The summed E-state index contributed by atoms with van der Waals surface area (Å²) in [7, 11) is 0. The van der Waals surface area contributed by atoms with Crippen molar-refractivity contribution in [1.29, 1.82) is 0 Å². The maximum absolute atomic E-state index is 12.0. The lowest BCUT2D eigenvalue weighted by Gasteiger charge is -1.92. The van der Waals surface area contributed by atoms with E-state index in [4.69, 9.17) is 0 Å². The second-order valence-corrected chi connectivity index (χ2v) is 5.42. The highest BCUT2D eigenvalue weighted by atomic mass is 32.1. The van der Waals surface area contributed by atoms with Gasteiger partial charge in [-0.3, -0.25) is 4.79 Å². The van der Waals surface area contributed by atoms with Crippen molar-refractivity contribution in [2.45, 2.75) is 6.54 Å². The molecular formula is C16H12N2OS. The second-order valence-electron chi connectivity index (χ2n) is 4.34. The Balaban J connectivity index is 1.72. The molecule has 0 unspecified atom stereocenters. The van der Waals surface area contributed by atoms with Gasteiger partial charge in [-0.15, -0.1) is 16.5 Å². The standard InChI is InChI=1S/C16H12N2OS/c19-16(18-17-11-12-6-2-1-3-7-12)15-10-13-8-4-5-9-14(13)20-15/h1-10H,11H2/b18-17+. The molecule has 0 spiro atoms. The number of azo groups is 1. The van der Waals surface area contributed by atoms with Gasteiger partial charge in [0.15, 0.2) is 0 Å². The van der Waals surface area contributed by atoms with Crippen LogP contribution in [-0.4, -0.2) is 5.91 Å². The predicted octanol–water partition coefficient (Wildman–Crippen LogP) is 4.69. The summed E-state index contributed by atoms with van der Waals surface area (Å²) >= 11 is 1.45. The molecule has 0 bridgehead atoms. The van der Waals surface area contributed by atoms with E-state index in [1.54, 1.807) is 0 Å². The molecule has 4 heteroatoms. The Hall–Kier alpha value is -2.33. The van der Waals surface area contributed by atoms with Gasteiger partial charge >= 0.3 is 5.91 Å². The number of hydrogen-bond acceptors (Lipinski definition) is 3. The Morgan fingerprint density at radius 2 is 1.75 bits per heavy atom. The highest BCUT2D eigenvalue weighted by Crippen LogP contribution is 2.25. The Bertz CT molecular complexity index is 729. The number of carbonyl (C=O) groups is 1. The zero-order chi connectivity index (χ0) is 13.8. The summed E-state index contributed by atoms with van der Waals surface area (Å²) in [6.45, 7) is 0.428. The molecule has 98 valence electrons. The van der Waals surface area contributed by atoms with Crippen LogP contribution in [0.4, 0.5) is 0 Å². The molecule has 1 heterocycles. The van der Waals surface area contributed by atoms with Crippen molar-refractivity contribution in [2.24, 2.45) is 10.2 Å². The molecule has 20 heavy (non-hydrogen) atoms. The van der Waals surface area contributed by atoms with E-state index >= 15 is 0 Å². The maximum Gasteiger partial charge on any atom is 0.305 e. The molecule has 0 aliphatic rings. The van der Waals surface area contributed by atoms with Crippen LogP contribution in [0, 0.1) is 0 Å². The smallest absolute Gasteiger partial charge is 0.264 e. The van der Waals surface area contributed by atoms with Gasteiger partial charge in [-0.2, -0.15) is 5.11 Å². The average molecular weight is 280 g/mol. The third-order valence-corrected chi connectivity index (χ3v) is 4.00. The molecule has 0 saturated heterocycles. The fraction of sp³-hybridized carbons (Fsp3) is 0.0625. The number of carbonyl (C=O) groups excluding carboxylic acids is 1. The predicted molar refractivity (Wildman–Crippen MR) is 81.2 cm³/mol. The first kappa shape index (κ1) is 12.7. The largest absolute Gasteiger partial charge is 0.305 e. The number of fused-ring (bicyclic) bond motifs is 1. The second kappa shape index (κ2) is 5.75. The third kappa shape index (κ3) is 2.81. The van der Waals surface area contributed by atoms with Gasteiger partial charge in [0.25, 0.3) is 0 Å². The van der Waals surface area contributed by atoms with E-state index in [9.17, 15) is 4.79 Å². The summed E-state index contributed by atoms with van der Waals surface area (Å²) in [6.07, 6.45) is 0. The van der Waals surface area contributed by atoms with Crippen LogP contribution >= 0.6 is 11.3 Å². The van der Waals surface area contributed by atoms with Gasteiger partial charge in [0.05, 0.1) is 11.4 Å². The molecule has 2 aromatic carbocycles. The monoisotopic (exact) mass is 280 g/mol. The fourth-order valence-corrected chi connectivity index (χ4v) is 2.84. The van der Waals surface area contributed by atoms with E-state index in [0.717, 1.165) is 15.6 Å². The molecule has 3 aromatic rings.